The third kappa shape index (κ3) is 6.96. The fraction of sp³-hybridized carbons (Fsp3) is 0.400. The van der Waals surface area contributed by atoms with E-state index in [2.05, 4.69) is 20.6 Å². The van der Waals surface area contributed by atoms with E-state index in [1.54, 1.807) is 6.20 Å². The van der Waals surface area contributed by atoms with E-state index in [0.717, 1.165) is 16.5 Å². The van der Waals surface area contributed by atoms with Gasteiger partial charge in [-0.2, -0.15) is 0 Å². The molecule has 0 aliphatic carbocycles. The normalized spacial score (nSPS) is 13.7. The third-order valence-corrected chi connectivity index (χ3v) is 4.83. The monoisotopic (exact) mass is 447 g/mol. The Bertz CT molecular complexity index is 970. The largest absolute Gasteiger partial charge is 0.480 e. The molecular formula is C20H29N7O5. The molecule has 1 aromatic heterocycles. The Labute approximate surface area is 184 Å². The minimum absolute atomic E-state index is 0.0834. The maximum Gasteiger partial charge on any atom is 0.326 e. The molecule has 32 heavy (non-hydrogen) atoms. The summed E-state index contributed by atoms with van der Waals surface area (Å²) in [4.78, 5) is 43.7. The number of hydrogen-bond acceptors (Lipinski definition) is 6. The first kappa shape index (κ1) is 24.6. The molecule has 0 aliphatic heterocycles. The number of nitrogens with zero attached hydrogens (tertiary/aromatic N) is 1. The lowest BCUT2D eigenvalue weighted by Crippen LogP contribution is -2.55. The molecule has 0 bridgehead atoms. The summed E-state index contributed by atoms with van der Waals surface area (Å²) in [5.74, 6) is -2.76. The summed E-state index contributed by atoms with van der Waals surface area (Å²) < 4.78 is 0. The highest BCUT2D eigenvalue weighted by Crippen LogP contribution is 2.19. The Hall–Kier alpha value is -3.64. The molecule has 0 saturated heterocycles. The van der Waals surface area contributed by atoms with Gasteiger partial charge in [-0.3, -0.25) is 14.6 Å². The first-order chi connectivity index (χ1) is 15.2. The number of carboxylic acid groups (broad SMARTS) is 1. The number of amides is 2. The molecule has 2 aromatic rings. The number of nitrogens with one attached hydrogen (secondary N) is 3. The van der Waals surface area contributed by atoms with Crippen LogP contribution in [0.5, 0.6) is 0 Å². The Kier molecular flexibility index (Phi) is 8.98. The van der Waals surface area contributed by atoms with Gasteiger partial charge in [-0.05, 0) is 24.5 Å². The van der Waals surface area contributed by atoms with E-state index in [1.807, 2.05) is 24.3 Å². The van der Waals surface area contributed by atoms with E-state index in [9.17, 15) is 19.5 Å². The van der Waals surface area contributed by atoms with Crippen molar-refractivity contribution in [2.75, 3.05) is 13.2 Å². The fourth-order valence-electron chi connectivity index (χ4n) is 3.12. The lowest BCUT2D eigenvalue weighted by Gasteiger charge is -2.22. The predicted molar refractivity (Wildman–Crippen MR) is 118 cm³/mol. The second-order valence-electron chi connectivity index (χ2n) is 7.26. The number of H-pyrrole nitrogens is 1. The maximum atomic E-state index is 12.9. The van der Waals surface area contributed by atoms with Gasteiger partial charge in [0.1, 0.15) is 18.1 Å². The molecule has 1 heterocycles. The SMILES string of the molecule is NC(N)=NCCC[C@H](NC(=O)[C@H](Cc1c[nH]c2ccccc12)NC(=O)[C@@H](N)CO)C(=O)O. The van der Waals surface area contributed by atoms with Gasteiger partial charge in [-0.1, -0.05) is 18.2 Å². The van der Waals surface area contributed by atoms with Crippen molar-refractivity contribution in [2.24, 2.45) is 22.2 Å². The van der Waals surface area contributed by atoms with E-state index >= 15 is 0 Å². The van der Waals surface area contributed by atoms with Crippen LogP contribution in [0.25, 0.3) is 10.9 Å². The number of carbonyl (C=O) groups excluding carboxylic acids is 2. The number of aromatic nitrogens is 1. The molecule has 12 nitrogen and oxygen atoms in total. The number of benzene rings is 1. The zero-order chi connectivity index (χ0) is 23.7. The van der Waals surface area contributed by atoms with Crippen LogP contribution in [0.4, 0.5) is 0 Å². The number of rotatable bonds is 12. The zero-order valence-electron chi connectivity index (χ0n) is 17.5. The Morgan fingerprint density at radius 3 is 2.44 bits per heavy atom. The minimum Gasteiger partial charge on any atom is -0.480 e. The molecule has 0 aliphatic rings. The first-order valence-electron chi connectivity index (χ1n) is 10.0. The van der Waals surface area contributed by atoms with E-state index in [0.29, 0.717) is 6.42 Å². The molecule has 174 valence electrons. The van der Waals surface area contributed by atoms with Crippen LogP contribution < -0.4 is 27.8 Å². The van der Waals surface area contributed by atoms with Crippen molar-refractivity contribution >= 4 is 34.6 Å². The van der Waals surface area contributed by atoms with Crippen LogP contribution in [0, 0.1) is 0 Å². The van der Waals surface area contributed by atoms with Gasteiger partial charge in [0.2, 0.25) is 11.8 Å². The first-order valence-corrected chi connectivity index (χ1v) is 10.0. The van der Waals surface area contributed by atoms with Gasteiger partial charge in [-0.15, -0.1) is 0 Å². The van der Waals surface area contributed by atoms with Crippen molar-refractivity contribution in [2.45, 2.75) is 37.4 Å². The van der Waals surface area contributed by atoms with Crippen LogP contribution in [0.3, 0.4) is 0 Å². The molecule has 0 saturated carbocycles. The summed E-state index contributed by atoms with van der Waals surface area (Å²) >= 11 is 0. The quantitative estimate of drug-likeness (QED) is 0.104. The van der Waals surface area contributed by atoms with Crippen LogP contribution in [-0.4, -0.2) is 70.2 Å². The van der Waals surface area contributed by atoms with E-state index in [4.69, 9.17) is 22.3 Å². The molecule has 0 spiro atoms. The van der Waals surface area contributed by atoms with Crippen molar-refractivity contribution < 1.29 is 24.6 Å². The Balaban J connectivity index is 2.17. The zero-order valence-corrected chi connectivity index (χ0v) is 17.5. The summed E-state index contributed by atoms with van der Waals surface area (Å²) in [6, 6.07) is 3.89. The molecular weight excluding hydrogens is 418 g/mol. The van der Waals surface area contributed by atoms with Gasteiger partial charge < -0.3 is 43.0 Å². The van der Waals surface area contributed by atoms with Crippen LogP contribution in [0.2, 0.25) is 0 Å². The second-order valence-corrected chi connectivity index (χ2v) is 7.26. The number of aliphatic imine (C=N–C) groups is 1. The number of carboxylic acids is 1. The lowest BCUT2D eigenvalue weighted by molar-refractivity contribution is -0.142. The molecule has 2 rings (SSSR count). The molecule has 2 amide bonds. The summed E-state index contributed by atoms with van der Waals surface area (Å²) in [7, 11) is 0. The summed E-state index contributed by atoms with van der Waals surface area (Å²) in [5, 5.41) is 24.4. The van der Waals surface area contributed by atoms with Crippen LogP contribution >= 0.6 is 0 Å². The van der Waals surface area contributed by atoms with Crippen molar-refractivity contribution in [3.8, 4) is 0 Å². The number of carbonyl (C=O) groups is 3. The van der Waals surface area contributed by atoms with Crippen molar-refractivity contribution in [1.82, 2.24) is 15.6 Å². The van der Waals surface area contributed by atoms with Gasteiger partial charge in [0, 0.05) is 30.1 Å². The molecule has 1 aromatic carbocycles. The van der Waals surface area contributed by atoms with Gasteiger partial charge in [0.15, 0.2) is 5.96 Å². The van der Waals surface area contributed by atoms with Gasteiger partial charge in [0.05, 0.1) is 6.61 Å². The van der Waals surface area contributed by atoms with E-state index < -0.39 is 42.5 Å². The molecule has 11 N–H and O–H groups in total. The highest BCUT2D eigenvalue weighted by Gasteiger charge is 2.28. The number of para-hydroxylation sites is 1. The summed E-state index contributed by atoms with van der Waals surface area (Å²) in [6.45, 7) is -0.390. The van der Waals surface area contributed by atoms with E-state index in [-0.39, 0.29) is 25.3 Å². The van der Waals surface area contributed by atoms with Crippen LogP contribution in [0.1, 0.15) is 18.4 Å². The molecule has 3 atom stereocenters. The molecule has 0 fully saturated rings. The van der Waals surface area contributed by atoms with Gasteiger partial charge >= 0.3 is 5.97 Å². The van der Waals surface area contributed by atoms with Gasteiger partial charge in [-0.25, -0.2) is 4.79 Å². The average molecular weight is 447 g/mol. The maximum absolute atomic E-state index is 12.9. The minimum atomic E-state index is -1.23. The smallest absolute Gasteiger partial charge is 0.326 e. The lowest BCUT2D eigenvalue weighted by atomic mass is 10.0. The highest BCUT2D eigenvalue weighted by atomic mass is 16.4. The number of aliphatic hydroxyl groups excluding tert-OH is 1. The molecule has 12 heteroatoms. The topological polar surface area (TPSA) is 222 Å². The number of aliphatic carboxylic acids is 1. The number of aliphatic hydroxyl groups is 1. The number of nitrogens with two attached hydrogens (primary N) is 3. The molecule has 0 radical (unpaired) electrons. The standard InChI is InChI=1S/C20H29N7O5/c21-13(10-28)17(29)27-16(8-11-9-25-14-5-2-1-4-12(11)14)18(30)26-15(19(31)32)6-3-7-24-20(22)23/h1-2,4-5,9,13,15-16,25,28H,3,6-8,10,21H2,(H,26,30)(H,27,29)(H,31,32)(H4,22,23,24)/t13-,15-,16-/m0/s1. The van der Waals surface area contributed by atoms with Crippen LogP contribution in [-0.2, 0) is 20.8 Å². The van der Waals surface area contributed by atoms with Crippen LogP contribution in [0.15, 0.2) is 35.5 Å². The highest BCUT2D eigenvalue weighted by molar-refractivity contribution is 5.93. The summed E-state index contributed by atoms with van der Waals surface area (Å²) in [5.41, 5.74) is 17.6. The number of fused-ring (bicyclic) bond motifs is 1. The predicted octanol–water partition coefficient (Wildman–Crippen LogP) is -1.86. The molecule has 0 unspecified atom stereocenters. The van der Waals surface area contributed by atoms with Crippen molar-refractivity contribution in [3.63, 3.8) is 0 Å². The third-order valence-electron chi connectivity index (χ3n) is 4.83. The average Bonchev–Trinajstić information content (AvgIpc) is 3.17. The fourth-order valence-corrected chi connectivity index (χ4v) is 3.12. The van der Waals surface area contributed by atoms with E-state index in [1.165, 1.54) is 0 Å². The number of guanidine groups is 1. The Morgan fingerprint density at radius 1 is 1.09 bits per heavy atom. The number of hydrogen-bond donors (Lipinski definition) is 8. The second kappa shape index (κ2) is 11.7. The van der Waals surface area contributed by atoms with Crippen molar-refractivity contribution in [3.05, 3.63) is 36.0 Å². The van der Waals surface area contributed by atoms with Gasteiger partial charge in [0.25, 0.3) is 0 Å². The summed E-state index contributed by atoms with van der Waals surface area (Å²) in [6.07, 6.45) is 2.21. The van der Waals surface area contributed by atoms with Crippen molar-refractivity contribution in [1.29, 1.82) is 0 Å². The number of aromatic amines is 1. The Morgan fingerprint density at radius 2 is 1.78 bits per heavy atom.